The molecule has 1 aliphatic rings. The van der Waals surface area contributed by atoms with Gasteiger partial charge < -0.3 is 19.9 Å². The number of rotatable bonds is 6. The highest BCUT2D eigenvalue weighted by molar-refractivity contribution is 5.75. The van der Waals surface area contributed by atoms with Crippen molar-refractivity contribution in [1.82, 2.24) is 0 Å². The van der Waals surface area contributed by atoms with Gasteiger partial charge in [0.1, 0.15) is 0 Å². The molecule has 2 aromatic rings. The Kier molecular flexibility index (Phi) is 5.12. The van der Waals surface area contributed by atoms with Gasteiger partial charge in [-0.1, -0.05) is 18.2 Å². The van der Waals surface area contributed by atoms with Crippen molar-refractivity contribution < 1.29 is 19.0 Å². The molecule has 2 atom stereocenters. The van der Waals surface area contributed by atoms with E-state index in [9.17, 15) is 4.79 Å². The van der Waals surface area contributed by atoms with Gasteiger partial charge in [0, 0.05) is 11.6 Å². The molecule has 0 aliphatic carbocycles. The van der Waals surface area contributed by atoms with E-state index in [1.165, 1.54) is 0 Å². The summed E-state index contributed by atoms with van der Waals surface area (Å²) < 4.78 is 16.0. The number of anilines is 1. The second-order valence-electron chi connectivity index (χ2n) is 6.34. The number of cyclic esters (lactones) is 1. The molecule has 1 heterocycles. The van der Waals surface area contributed by atoms with Crippen LogP contribution in [0.15, 0.2) is 42.5 Å². The minimum Gasteiger partial charge on any atom is -0.493 e. The molecule has 132 valence electrons. The van der Waals surface area contributed by atoms with Crippen molar-refractivity contribution in [2.45, 2.75) is 12.8 Å². The summed E-state index contributed by atoms with van der Waals surface area (Å²) in [5, 5.41) is 0. The summed E-state index contributed by atoms with van der Waals surface area (Å²) in [4.78, 5) is 12.2. The lowest BCUT2D eigenvalue weighted by atomic mass is 9.85. The first-order valence-corrected chi connectivity index (χ1v) is 8.32. The molecule has 0 amide bonds. The largest absolute Gasteiger partial charge is 0.493 e. The summed E-state index contributed by atoms with van der Waals surface area (Å²) in [6.07, 6.45) is 1.42. The predicted molar refractivity (Wildman–Crippen MR) is 95.7 cm³/mol. The lowest BCUT2D eigenvalue weighted by Crippen LogP contribution is -2.20. The second-order valence-corrected chi connectivity index (χ2v) is 6.34. The van der Waals surface area contributed by atoms with Gasteiger partial charge in [-0.15, -0.1) is 0 Å². The number of hydrogen-bond donors (Lipinski definition) is 1. The highest BCUT2D eigenvalue weighted by atomic mass is 16.5. The zero-order valence-electron chi connectivity index (χ0n) is 14.5. The number of hydrogen-bond acceptors (Lipinski definition) is 5. The van der Waals surface area contributed by atoms with Crippen molar-refractivity contribution in [3.05, 3.63) is 53.6 Å². The zero-order valence-corrected chi connectivity index (χ0v) is 14.5. The molecule has 2 N–H and O–H groups in total. The number of ether oxygens (including phenoxy) is 3. The van der Waals surface area contributed by atoms with E-state index in [2.05, 4.69) is 0 Å². The Morgan fingerprint density at radius 2 is 1.68 bits per heavy atom. The standard InChI is InChI=1S/C20H23NO4/c1-23-18-8-5-14(11-19(18)24-2)9-15-12-25-20(22)17(15)10-13-3-6-16(21)7-4-13/h3-8,11,15,17H,9-10,12,21H2,1-2H3/t15-,17+/m0/s1. The molecule has 1 fully saturated rings. The molecule has 0 radical (unpaired) electrons. The Morgan fingerprint density at radius 3 is 2.36 bits per heavy atom. The number of benzene rings is 2. The molecule has 25 heavy (non-hydrogen) atoms. The topological polar surface area (TPSA) is 70.8 Å². The summed E-state index contributed by atoms with van der Waals surface area (Å²) >= 11 is 0. The summed E-state index contributed by atoms with van der Waals surface area (Å²) in [5.74, 6) is 1.27. The summed E-state index contributed by atoms with van der Waals surface area (Å²) in [5.41, 5.74) is 8.64. The van der Waals surface area contributed by atoms with Crippen LogP contribution in [0.25, 0.3) is 0 Å². The van der Waals surface area contributed by atoms with E-state index < -0.39 is 0 Å². The molecule has 3 rings (SSSR count). The van der Waals surface area contributed by atoms with Crippen molar-refractivity contribution in [2.24, 2.45) is 11.8 Å². The lowest BCUT2D eigenvalue weighted by Gasteiger charge is -2.16. The van der Waals surface area contributed by atoms with E-state index in [1.807, 2.05) is 42.5 Å². The normalized spacial score (nSPS) is 19.5. The molecule has 1 saturated heterocycles. The van der Waals surface area contributed by atoms with Gasteiger partial charge in [-0.2, -0.15) is 0 Å². The fourth-order valence-electron chi connectivity index (χ4n) is 3.27. The van der Waals surface area contributed by atoms with Gasteiger partial charge in [0.2, 0.25) is 0 Å². The van der Waals surface area contributed by atoms with E-state index >= 15 is 0 Å². The van der Waals surface area contributed by atoms with Crippen LogP contribution in [0.5, 0.6) is 11.5 Å². The van der Waals surface area contributed by atoms with Gasteiger partial charge >= 0.3 is 5.97 Å². The maximum absolute atomic E-state index is 12.2. The summed E-state index contributed by atoms with van der Waals surface area (Å²) in [6, 6.07) is 13.5. The van der Waals surface area contributed by atoms with Gasteiger partial charge in [0.15, 0.2) is 11.5 Å². The third kappa shape index (κ3) is 3.87. The van der Waals surface area contributed by atoms with Crippen LogP contribution < -0.4 is 15.2 Å². The highest BCUT2D eigenvalue weighted by Gasteiger charge is 2.36. The zero-order chi connectivity index (χ0) is 17.8. The minimum atomic E-state index is -0.142. The number of nitrogen functional groups attached to an aromatic ring is 1. The molecule has 5 nitrogen and oxygen atoms in total. The third-order valence-electron chi connectivity index (χ3n) is 4.69. The molecule has 0 saturated carbocycles. The second kappa shape index (κ2) is 7.47. The Morgan fingerprint density at radius 1 is 1.00 bits per heavy atom. The monoisotopic (exact) mass is 341 g/mol. The number of carbonyl (C=O) groups excluding carboxylic acids is 1. The number of carbonyl (C=O) groups is 1. The first kappa shape index (κ1) is 17.1. The molecule has 0 spiro atoms. The van der Waals surface area contributed by atoms with Crippen LogP contribution in [0.2, 0.25) is 0 Å². The fraction of sp³-hybridized carbons (Fsp3) is 0.350. The van der Waals surface area contributed by atoms with Crippen LogP contribution in [-0.2, 0) is 22.4 Å². The molecular weight excluding hydrogens is 318 g/mol. The van der Waals surface area contributed by atoms with Gasteiger partial charge in [-0.3, -0.25) is 4.79 Å². The SMILES string of the molecule is COc1ccc(C[C@H]2COC(=O)[C@@H]2Cc2ccc(N)cc2)cc1OC. The van der Waals surface area contributed by atoms with E-state index in [0.29, 0.717) is 24.5 Å². The Balaban J connectivity index is 1.74. The molecule has 0 aromatic heterocycles. The van der Waals surface area contributed by atoms with Gasteiger partial charge in [-0.05, 0) is 48.2 Å². The molecule has 5 heteroatoms. The summed E-state index contributed by atoms with van der Waals surface area (Å²) in [6.45, 7) is 0.451. The van der Waals surface area contributed by atoms with Crippen LogP contribution >= 0.6 is 0 Å². The number of esters is 1. The Labute approximate surface area is 147 Å². The van der Waals surface area contributed by atoms with Gasteiger partial charge in [0.05, 0.1) is 26.7 Å². The van der Waals surface area contributed by atoms with E-state index in [-0.39, 0.29) is 17.8 Å². The van der Waals surface area contributed by atoms with E-state index in [4.69, 9.17) is 19.9 Å². The molecule has 1 aliphatic heterocycles. The van der Waals surface area contributed by atoms with Crippen LogP contribution in [0.4, 0.5) is 5.69 Å². The smallest absolute Gasteiger partial charge is 0.309 e. The Bertz CT molecular complexity index is 742. The van der Waals surface area contributed by atoms with Crippen molar-refractivity contribution in [3.63, 3.8) is 0 Å². The minimum absolute atomic E-state index is 0.123. The predicted octanol–water partition coefficient (Wildman–Crippen LogP) is 2.86. The maximum atomic E-state index is 12.2. The van der Waals surface area contributed by atoms with Gasteiger partial charge in [0.25, 0.3) is 0 Å². The van der Waals surface area contributed by atoms with Crippen molar-refractivity contribution >= 4 is 11.7 Å². The molecular formula is C20H23NO4. The highest BCUT2D eigenvalue weighted by Crippen LogP contribution is 2.33. The first-order valence-electron chi connectivity index (χ1n) is 8.32. The van der Waals surface area contributed by atoms with Crippen molar-refractivity contribution in [2.75, 3.05) is 26.6 Å². The first-order chi connectivity index (χ1) is 12.1. The molecule has 2 aromatic carbocycles. The van der Waals surface area contributed by atoms with E-state index in [0.717, 1.165) is 23.2 Å². The van der Waals surface area contributed by atoms with Crippen molar-refractivity contribution in [1.29, 1.82) is 0 Å². The quantitative estimate of drug-likeness (QED) is 0.646. The number of nitrogens with two attached hydrogens (primary N) is 1. The lowest BCUT2D eigenvalue weighted by molar-refractivity contribution is -0.141. The van der Waals surface area contributed by atoms with Crippen LogP contribution in [-0.4, -0.2) is 26.8 Å². The average molecular weight is 341 g/mol. The number of methoxy groups -OCH3 is 2. The fourth-order valence-corrected chi connectivity index (χ4v) is 3.27. The maximum Gasteiger partial charge on any atom is 0.309 e. The Hall–Kier alpha value is -2.69. The van der Waals surface area contributed by atoms with Gasteiger partial charge in [-0.25, -0.2) is 0 Å². The van der Waals surface area contributed by atoms with Crippen LogP contribution in [0.3, 0.4) is 0 Å². The van der Waals surface area contributed by atoms with Crippen molar-refractivity contribution in [3.8, 4) is 11.5 Å². The molecule has 0 bridgehead atoms. The average Bonchev–Trinajstić information content (AvgIpc) is 2.96. The van der Waals surface area contributed by atoms with E-state index in [1.54, 1.807) is 14.2 Å². The molecule has 0 unspecified atom stereocenters. The third-order valence-corrected chi connectivity index (χ3v) is 4.69. The van der Waals surface area contributed by atoms with Crippen LogP contribution in [0, 0.1) is 11.8 Å². The van der Waals surface area contributed by atoms with Crippen LogP contribution in [0.1, 0.15) is 11.1 Å². The summed E-state index contributed by atoms with van der Waals surface area (Å²) in [7, 11) is 3.23.